The van der Waals surface area contributed by atoms with E-state index in [1.165, 1.54) is 5.70 Å². The third kappa shape index (κ3) is 1.82. The molecule has 0 atom stereocenters. The first kappa shape index (κ1) is 8.31. The predicted octanol–water partition coefficient (Wildman–Crippen LogP) is 1.92. The molecule has 62 valence electrons. The number of unbranched alkanes of at least 4 members (excludes halogenated alkanes) is 1. The highest BCUT2D eigenvalue weighted by atomic mass is 16.2. The summed E-state index contributed by atoms with van der Waals surface area (Å²) in [6.45, 7) is 2.15. The van der Waals surface area contributed by atoms with E-state index in [0.29, 0.717) is 6.42 Å². The highest BCUT2D eigenvalue weighted by molar-refractivity contribution is 5.80. The lowest BCUT2D eigenvalue weighted by atomic mass is 10.2. The lowest BCUT2D eigenvalue weighted by Crippen LogP contribution is -2.16. The maximum atomic E-state index is 11.0. The van der Waals surface area contributed by atoms with Gasteiger partial charge in [-0.3, -0.25) is 4.79 Å². The van der Waals surface area contributed by atoms with Crippen molar-refractivity contribution in [1.82, 2.24) is 4.90 Å². The van der Waals surface area contributed by atoms with Crippen LogP contribution < -0.4 is 0 Å². The lowest BCUT2D eigenvalue weighted by Gasteiger charge is -2.09. The van der Waals surface area contributed by atoms with Crippen LogP contribution in [-0.2, 0) is 4.79 Å². The molecule has 0 spiro atoms. The molecular weight excluding hydrogens is 138 g/mol. The van der Waals surface area contributed by atoms with Crippen molar-refractivity contribution in [2.75, 3.05) is 7.05 Å². The van der Waals surface area contributed by atoms with Gasteiger partial charge in [-0.2, -0.15) is 0 Å². The van der Waals surface area contributed by atoms with Crippen molar-refractivity contribution in [3.05, 3.63) is 11.8 Å². The van der Waals surface area contributed by atoms with E-state index >= 15 is 0 Å². The number of nitrogens with zero attached hydrogens (tertiary/aromatic N) is 1. The van der Waals surface area contributed by atoms with Gasteiger partial charge in [-0.25, -0.2) is 0 Å². The van der Waals surface area contributed by atoms with Gasteiger partial charge in [0.05, 0.1) is 0 Å². The first-order valence-electron chi connectivity index (χ1n) is 4.21. The molecule has 0 N–H and O–H groups in total. The van der Waals surface area contributed by atoms with Crippen LogP contribution in [0.4, 0.5) is 0 Å². The van der Waals surface area contributed by atoms with Crippen molar-refractivity contribution in [3.63, 3.8) is 0 Å². The van der Waals surface area contributed by atoms with Crippen LogP contribution in [0.3, 0.4) is 0 Å². The molecule has 1 heterocycles. The predicted molar refractivity (Wildman–Crippen MR) is 45.0 cm³/mol. The molecule has 2 nitrogen and oxygen atoms in total. The summed E-state index contributed by atoms with van der Waals surface area (Å²) in [5.41, 5.74) is 1.21. The fourth-order valence-corrected chi connectivity index (χ4v) is 1.28. The lowest BCUT2D eigenvalue weighted by molar-refractivity contribution is -0.125. The van der Waals surface area contributed by atoms with Gasteiger partial charge in [0, 0.05) is 19.2 Å². The van der Waals surface area contributed by atoms with Crippen LogP contribution >= 0.6 is 0 Å². The summed E-state index contributed by atoms with van der Waals surface area (Å²) in [6, 6.07) is 0. The molecule has 0 bridgehead atoms. The zero-order chi connectivity index (χ0) is 8.27. The zero-order valence-electron chi connectivity index (χ0n) is 7.26. The third-order valence-corrected chi connectivity index (χ3v) is 2.07. The summed E-state index contributed by atoms with van der Waals surface area (Å²) in [7, 11) is 1.86. The van der Waals surface area contributed by atoms with Crippen molar-refractivity contribution in [3.8, 4) is 0 Å². The Bertz CT molecular complexity index is 184. The van der Waals surface area contributed by atoms with Gasteiger partial charge in [-0.15, -0.1) is 0 Å². The maximum Gasteiger partial charge on any atom is 0.226 e. The van der Waals surface area contributed by atoms with Crippen molar-refractivity contribution in [2.24, 2.45) is 0 Å². The molecule has 0 saturated carbocycles. The molecular formula is C9H15NO. The van der Waals surface area contributed by atoms with Crippen LogP contribution in [-0.4, -0.2) is 17.9 Å². The second-order valence-electron chi connectivity index (χ2n) is 2.94. The van der Waals surface area contributed by atoms with E-state index in [2.05, 4.69) is 13.0 Å². The number of carbonyl (C=O) groups excluding carboxylic acids is 1. The fraction of sp³-hybridized carbons (Fsp3) is 0.667. The Morgan fingerprint density at radius 3 is 2.73 bits per heavy atom. The summed E-state index contributed by atoms with van der Waals surface area (Å²) in [4.78, 5) is 12.8. The van der Waals surface area contributed by atoms with Crippen LogP contribution in [0.5, 0.6) is 0 Å². The van der Waals surface area contributed by atoms with Gasteiger partial charge in [0.15, 0.2) is 0 Å². The van der Waals surface area contributed by atoms with Crippen LogP contribution in [0.1, 0.15) is 32.6 Å². The summed E-state index contributed by atoms with van der Waals surface area (Å²) >= 11 is 0. The average Bonchev–Trinajstić information content (AvgIpc) is 2.31. The molecule has 1 saturated heterocycles. The highest BCUT2D eigenvalue weighted by Gasteiger charge is 2.20. The highest BCUT2D eigenvalue weighted by Crippen LogP contribution is 2.20. The number of hydrogen-bond donors (Lipinski definition) is 0. The Kier molecular flexibility index (Phi) is 2.69. The summed E-state index contributed by atoms with van der Waals surface area (Å²) in [5.74, 6) is 0.257. The minimum atomic E-state index is 0.257. The van der Waals surface area contributed by atoms with Crippen molar-refractivity contribution in [2.45, 2.75) is 32.6 Å². The molecule has 0 aromatic carbocycles. The molecule has 1 rings (SSSR count). The summed E-state index contributed by atoms with van der Waals surface area (Å²) in [6.07, 6.45) is 6.06. The molecule has 1 aliphatic heterocycles. The molecule has 0 aromatic heterocycles. The molecule has 0 aliphatic carbocycles. The zero-order valence-corrected chi connectivity index (χ0v) is 7.26. The molecule has 11 heavy (non-hydrogen) atoms. The quantitative estimate of drug-likeness (QED) is 0.593. The minimum absolute atomic E-state index is 0.257. The van der Waals surface area contributed by atoms with E-state index in [4.69, 9.17) is 0 Å². The molecule has 0 aromatic rings. The Balaban J connectivity index is 2.54. The van der Waals surface area contributed by atoms with Crippen LogP contribution in [0.2, 0.25) is 0 Å². The number of hydrogen-bond acceptors (Lipinski definition) is 1. The van der Waals surface area contributed by atoms with Gasteiger partial charge in [0.2, 0.25) is 5.91 Å². The van der Waals surface area contributed by atoms with Crippen LogP contribution in [0.25, 0.3) is 0 Å². The summed E-state index contributed by atoms with van der Waals surface area (Å²) < 4.78 is 0. The second kappa shape index (κ2) is 3.56. The van der Waals surface area contributed by atoms with E-state index in [0.717, 1.165) is 19.3 Å². The Hall–Kier alpha value is -0.790. The van der Waals surface area contributed by atoms with Gasteiger partial charge >= 0.3 is 0 Å². The average molecular weight is 153 g/mol. The first-order valence-corrected chi connectivity index (χ1v) is 4.21. The molecule has 1 amide bonds. The fourth-order valence-electron chi connectivity index (χ4n) is 1.28. The van der Waals surface area contributed by atoms with Gasteiger partial charge < -0.3 is 4.90 Å². The third-order valence-electron chi connectivity index (χ3n) is 2.07. The van der Waals surface area contributed by atoms with Gasteiger partial charge in [0.1, 0.15) is 0 Å². The Morgan fingerprint density at radius 1 is 1.55 bits per heavy atom. The largest absolute Gasteiger partial charge is 0.320 e. The molecule has 0 radical (unpaired) electrons. The minimum Gasteiger partial charge on any atom is -0.320 e. The summed E-state index contributed by atoms with van der Waals surface area (Å²) in [5, 5.41) is 0. The van der Waals surface area contributed by atoms with Gasteiger partial charge in [0.25, 0.3) is 0 Å². The van der Waals surface area contributed by atoms with E-state index in [1.807, 2.05) is 7.05 Å². The number of amides is 1. The van der Waals surface area contributed by atoms with Crippen molar-refractivity contribution in [1.29, 1.82) is 0 Å². The van der Waals surface area contributed by atoms with E-state index in [-0.39, 0.29) is 5.91 Å². The topological polar surface area (TPSA) is 20.3 Å². The monoisotopic (exact) mass is 153 g/mol. The maximum absolute atomic E-state index is 11.0. The molecule has 1 fully saturated rings. The SMILES string of the molecule is CCC/C=C1/CCC(=O)N1C. The number of rotatable bonds is 2. The standard InChI is InChI=1S/C9H15NO/c1-3-4-5-8-6-7-9(11)10(8)2/h5H,3-4,6-7H2,1-2H3/b8-5-. The van der Waals surface area contributed by atoms with E-state index in [9.17, 15) is 4.79 Å². The molecule has 0 unspecified atom stereocenters. The normalized spacial score (nSPS) is 21.8. The molecule has 2 heteroatoms. The van der Waals surface area contributed by atoms with Crippen LogP contribution in [0, 0.1) is 0 Å². The Morgan fingerprint density at radius 2 is 2.27 bits per heavy atom. The second-order valence-corrected chi connectivity index (χ2v) is 2.94. The van der Waals surface area contributed by atoms with Crippen molar-refractivity contribution < 1.29 is 4.79 Å². The molecule has 1 aliphatic rings. The Labute approximate surface area is 67.9 Å². The number of likely N-dealkylation sites (tertiary alicyclic amines) is 1. The van der Waals surface area contributed by atoms with Crippen LogP contribution in [0.15, 0.2) is 11.8 Å². The number of carbonyl (C=O) groups is 1. The first-order chi connectivity index (χ1) is 5.25. The van der Waals surface area contributed by atoms with E-state index in [1.54, 1.807) is 4.90 Å². The smallest absolute Gasteiger partial charge is 0.226 e. The number of allylic oxidation sites excluding steroid dienone is 2. The van der Waals surface area contributed by atoms with Gasteiger partial charge in [-0.1, -0.05) is 19.4 Å². The van der Waals surface area contributed by atoms with Gasteiger partial charge in [-0.05, 0) is 12.8 Å². The van der Waals surface area contributed by atoms with Crippen molar-refractivity contribution >= 4 is 5.91 Å². The van der Waals surface area contributed by atoms with E-state index < -0.39 is 0 Å².